The Labute approximate surface area is 120 Å². The summed E-state index contributed by atoms with van der Waals surface area (Å²) in [5.74, 6) is 0.177. The van der Waals surface area contributed by atoms with Crippen LogP contribution in [0.1, 0.15) is 36.9 Å². The van der Waals surface area contributed by atoms with Gasteiger partial charge in [0.05, 0.1) is 6.42 Å². The van der Waals surface area contributed by atoms with Gasteiger partial charge in [-0.05, 0) is 50.0 Å². The molecule has 2 aliphatic rings. The molecular formula is C16H23N3O. The van der Waals surface area contributed by atoms with E-state index in [9.17, 15) is 4.79 Å². The van der Waals surface area contributed by atoms with E-state index < -0.39 is 0 Å². The molecule has 3 rings (SSSR count). The van der Waals surface area contributed by atoms with Crippen LogP contribution < -0.4 is 10.6 Å². The number of amides is 1. The molecular weight excluding hydrogens is 250 g/mol. The molecule has 1 amide bonds. The Morgan fingerprint density at radius 1 is 1.25 bits per heavy atom. The first-order valence-corrected chi connectivity index (χ1v) is 7.47. The lowest BCUT2D eigenvalue weighted by Crippen LogP contribution is -2.37. The van der Waals surface area contributed by atoms with Crippen LogP contribution in [0.5, 0.6) is 0 Å². The molecule has 2 aliphatic heterocycles. The molecule has 0 bridgehead atoms. The monoisotopic (exact) mass is 273 g/mol. The molecule has 1 saturated heterocycles. The first kappa shape index (κ1) is 13.6. The Morgan fingerprint density at radius 2 is 1.95 bits per heavy atom. The van der Waals surface area contributed by atoms with Gasteiger partial charge >= 0.3 is 0 Å². The number of anilines is 1. The second-order valence-corrected chi connectivity index (χ2v) is 6.06. The molecule has 1 fully saturated rings. The fourth-order valence-electron chi connectivity index (χ4n) is 3.54. The van der Waals surface area contributed by atoms with Gasteiger partial charge in [0.15, 0.2) is 0 Å². The maximum Gasteiger partial charge on any atom is 0.231 e. The highest BCUT2D eigenvalue weighted by Crippen LogP contribution is 2.33. The molecule has 4 nitrogen and oxygen atoms in total. The molecule has 2 heterocycles. The van der Waals surface area contributed by atoms with E-state index in [1.54, 1.807) is 4.90 Å². The van der Waals surface area contributed by atoms with Crippen LogP contribution in [-0.2, 0) is 11.2 Å². The minimum Gasteiger partial charge on any atom is -0.326 e. The molecule has 20 heavy (non-hydrogen) atoms. The van der Waals surface area contributed by atoms with Crippen molar-refractivity contribution in [3.63, 3.8) is 0 Å². The van der Waals surface area contributed by atoms with Crippen molar-refractivity contribution in [1.29, 1.82) is 0 Å². The predicted octanol–water partition coefficient (Wildman–Crippen LogP) is 1.69. The van der Waals surface area contributed by atoms with E-state index in [1.165, 1.54) is 18.4 Å². The van der Waals surface area contributed by atoms with Gasteiger partial charge in [-0.1, -0.05) is 12.1 Å². The van der Waals surface area contributed by atoms with E-state index >= 15 is 0 Å². The van der Waals surface area contributed by atoms with Gasteiger partial charge in [0, 0.05) is 24.8 Å². The number of hydrogen-bond acceptors (Lipinski definition) is 3. The third-order valence-corrected chi connectivity index (χ3v) is 4.55. The average Bonchev–Trinajstić information content (AvgIpc) is 3.00. The zero-order valence-corrected chi connectivity index (χ0v) is 12.3. The van der Waals surface area contributed by atoms with Crippen molar-refractivity contribution in [1.82, 2.24) is 4.90 Å². The average molecular weight is 273 g/mol. The zero-order valence-electron chi connectivity index (χ0n) is 12.3. The van der Waals surface area contributed by atoms with Crippen LogP contribution >= 0.6 is 0 Å². The number of nitrogens with two attached hydrogens (primary N) is 1. The van der Waals surface area contributed by atoms with Crippen LogP contribution in [-0.4, -0.2) is 37.0 Å². The van der Waals surface area contributed by atoms with Crippen molar-refractivity contribution in [3.05, 3.63) is 29.3 Å². The van der Waals surface area contributed by atoms with Gasteiger partial charge in [-0.2, -0.15) is 0 Å². The summed E-state index contributed by atoms with van der Waals surface area (Å²) in [6.45, 7) is 4.33. The largest absolute Gasteiger partial charge is 0.326 e. The third kappa shape index (κ3) is 2.23. The highest BCUT2D eigenvalue weighted by atomic mass is 16.2. The van der Waals surface area contributed by atoms with E-state index in [-0.39, 0.29) is 18.0 Å². The van der Waals surface area contributed by atoms with Gasteiger partial charge in [-0.25, -0.2) is 0 Å². The second-order valence-electron chi connectivity index (χ2n) is 6.06. The molecule has 0 spiro atoms. The third-order valence-electron chi connectivity index (χ3n) is 4.55. The summed E-state index contributed by atoms with van der Waals surface area (Å²) in [6, 6.07) is 6.76. The van der Waals surface area contributed by atoms with E-state index in [0.717, 1.165) is 24.3 Å². The molecule has 4 heteroatoms. The van der Waals surface area contributed by atoms with Gasteiger partial charge < -0.3 is 10.6 Å². The van der Waals surface area contributed by atoms with Crippen LogP contribution in [0.2, 0.25) is 0 Å². The minimum absolute atomic E-state index is 0.0981. The number of rotatable bonds is 3. The fraction of sp³-hybridized carbons (Fsp3) is 0.562. The summed E-state index contributed by atoms with van der Waals surface area (Å²) >= 11 is 0. The highest BCUT2D eigenvalue weighted by Gasteiger charge is 2.29. The topological polar surface area (TPSA) is 49.6 Å². The summed E-state index contributed by atoms with van der Waals surface area (Å²) in [7, 11) is 1.84. The number of nitrogens with zero attached hydrogens (tertiary/aromatic N) is 2. The Balaban J connectivity index is 1.93. The first-order valence-electron chi connectivity index (χ1n) is 7.47. The van der Waals surface area contributed by atoms with Gasteiger partial charge in [-0.15, -0.1) is 0 Å². The smallest absolute Gasteiger partial charge is 0.231 e. The summed E-state index contributed by atoms with van der Waals surface area (Å²) in [5, 5.41) is 0. The number of fused-ring (bicyclic) bond motifs is 1. The summed E-state index contributed by atoms with van der Waals surface area (Å²) in [5.41, 5.74) is 9.67. The van der Waals surface area contributed by atoms with E-state index in [4.69, 9.17) is 5.73 Å². The molecule has 2 unspecified atom stereocenters. The SMILES string of the molecule is CC(N)C(c1ccc2c(c1)CC(=O)N2C)N1CCCC1. The fourth-order valence-corrected chi connectivity index (χ4v) is 3.54. The molecule has 0 aromatic heterocycles. The van der Waals surface area contributed by atoms with Crippen molar-refractivity contribution in [2.75, 3.05) is 25.0 Å². The van der Waals surface area contributed by atoms with Crippen LogP contribution in [0, 0.1) is 0 Å². The van der Waals surface area contributed by atoms with Crippen molar-refractivity contribution in [2.24, 2.45) is 5.73 Å². The summed E-state index contributed by atoms with van der Waals surface area (Å²) < 4.78 is 0. The van der Waals surface area contributed by atoms with E-state index in [1.807, 2.05) is 7.05 Å². The Kier molecular flexibility index (Phi) is 3.52. The number of likely N-dealkylation sites (N-methyl/N-ethyl adjacent to an activating group) is 1. The van der Waals surface area contributed by atoms with Crippen molar-refractivity contribution in [2.45, 2.75) is 38.3 Å². The van der Waals surface area contributed by atoms with Crippen LogP contribution in [0.25, 0.3) is 0 Å². The number of carbonyl (C=O) groups is 1. The maximum absolute atomic E-state index is 11.8. The van der Waals surface area contributed by atoms with Crippen molar-refractivity contribution >= 4 is 11.6 Å². The minimum atomic E-state index is 0.0981. The maximum atomic E-state index is 11.8. The Morgan fingerprint density at radius 3 is 2.60 bits per heavy atom. The van der Waals surface area contributed by atoms with E-state index in [2.05, 4.69) is 30.0 Å². The lowest BCUT2D eigenvalue weighted by atomic mass is 9.96. The highest BCUT2D eigenvalue weighted by molar-refractivity contribution is 6.00. The Bertz CT molecular complexity index is 520. The lowest BCUT2D eigenvalue weighted by molar-refractivity contribution is -0.117. The molecule has 2 N–H and O–H groups in total. The quantitative estimate of drug-likeness (QED) is 0.911. The predicted molar refractivity (Wildman–Crippen MR) is 80.8 cm³/mol. The van der Waals surface area contributed by atoms with Gasteiger partial charge in [0.25, 0.3) is 0 Å². The van der Waals surface area contributed by atoms with Gasteiger partial charge in [-0.3, -0.25) is 9.69 Å². The van der Waals surface area contributed by atoms with Gasteiger partial charge in [0.2, 0.25) is 5.91 Å². The number of likely N-dealkylation sites (tertiary alicyclic amines) is 1. The van der Waals surface area contributed by atoms with Crippen LogP contribution in [0.3, 0.4) is 0 Å². The molecule has 1 aromatic carbocycles. The summed E-state index contributed by atoms with van der Waals surface area (Å²) in [6.07, 6.45) is 3.04. The lowest BCUT2D eigenvalue weighted by Gasteiger charge is -2.31. The normalized spacial score (nSPS) is 22.1. The number of carbonyl (C=O) groups excluding carboxylic acids is 1. The standard InChI is InChI=1S/C16H23N3O/c1-11(17)16(19-7-3-4-8-19)12-5-6-14-13(9-12)10-15(20)18(14)2/h5-6,9,11,16H,3-4,7-8,10,17H2,1-2H3. The molecule has 1 aromatic rings. The van der Waals surface area contributed by atoms with Gasteiger partial charge in [0.1, 0.15) is 0 Å². The number of hydrogen-bond donors (Lipinski definition) is 1. The molecule has 0 saturated carbocycles. The molecule has 2 atom stereocenters. The molecule has 108 valence electrons. The summed E-state index contributed by atoms with van der Waals surface area (Å²) in [4.78, 5) is 16.0. The zero-order chi connectivity index (χ0) is 14.3. The van der Waals surface area contributed by atoms with Crippen molar-refractivity contribution < 1.29 is 4.79 Å². The Hall–Kier alpha value is -1.39. The van der Waals surface area contributed by atoms with Crippen molar-refractivity contribution in [3.8, 4) is 0 Å². The molecule has 0 radical (unpaired) electrons. The first-order chi connectivity index (χ1) is 9.58. The molecule has 0 aliphatic carbocycles. The van der Waals surface area contributed by atoms with E-state index in [0.29, 0.717) is 6.42 Å². The van der Waals surface area contributed by atoms with Crippen LogP contribution in [0.4, 0.5) is 5.69 Å². The number of benzene rings is 1. The second kappa shape index (κ2) is 5.19. The van der Waals surface area contributed by atoms with Crippen LogP contribution in [0.15, 0.2) is 18.2 Å².